The van der Waals surface area contributed by atoms with Gasteiger partial charge >= 0.3 is 0 Å². The molecular formula is C16H30N4O2. The summed E-state index contributed by atoms with van der Waals surface area (Å²) in [4.78, 5) is 30.8. The van der Waals surface area contributed by atoms with Crippen molar-refractivity contribution in [2.75, 3.05) is 59.9 Å². The summed E-state index contributed by atoms with van der Waals surface area (Å²) in [5.41, 5.74) is 0. The molecule has 2 saturated heterocycles. The van der Waals surface area contributed by atoms with E-state index in [-0.39, 0.29) is 17.7 Å². The van der Waals surface area contributed by atoms with Crippen LogP contribution in [0.3, 0.4) is 0 Å². The molecule has 0 spiro atoms. The molecule has 0 aromatic rings. The van der Waals surface area contributed by atoms with Gasteiger partial charge in [-0.25, -0.2) is 0 Å². The van der Waals surface area contributed by atoms with E-state index in [2.05, 4.69) is 15.1 Å². The Morgan fingerprint density at radius 3 is 2.50 bits per heavy atom. The zero-order chi connectivity index (χ0) is 15.9. The second-order valence-corrected chi connectivity index (χ2v) is 6.57. The van der Waals surface area contributed by atoms with Crippen LogP contribution in [0.15, 0.2) is 0 Å². The Morgan fingerprint density at radius 1 is 1.09 bits per heavy atom. The molecule has 2 rings (SSSR count). The fraction of sp³-hybridized carbons (Fsp3) is 0.875. The van der Waals surface area contributed by atoms with Gasteiger partial charge in [-0.3, -0.25) is 9.59 Å². The Kier molecular flexibility index (Phi) is 6.64. The van der Waals surface area contributed by atoms with Crippen LogP contribution < -0.4 is 5.32 Å². The Labute approximate surface area is 133 Å². The van der Waals surface area contributed by atoms with Crippen molar-refractivity contribution in [3.63, 3.8) is 0 Å². The van der Waals surface area contributed by atoms with Gasteiger partial charge in [-0.1, -0.05) is 0 Å². The molecule has 6 nitrogen and oxygen atoms in total. The van der Waals surface area contributed by atoms with Gasteiger partial charge in [0.05, 0.1) is 5.92 Å². The van der Waals surface area contributed by atoms with Gasteiger partial charge in [0, 0.05) is 39.6 Å². The molecule has 0 saturated carbocycles. The van der Waals surface area contributed by atoms with Crippen molar-refractivity contribution in [1.29, 1.82) is 0 Å². The summed E-state index contributed by atoms with van der Waals surface area (Å²) < 4.78 is 0. The third-order valence-electron chi connectivity index (χ3n) is 4.76. The van der Waals surface area contributed by atoms with Crippen LogP contribution in [0.5, 0.6) is 0 Å². The molecule has 0 bridgehead atoms. The van der Waals surface area contributed by atoms with E-state index in [1.807, 2.05) is 11.9 Å². The zero-order valence-electron chi connectivity index (χ0n) is 14.0. The molecule has 22 heavy (non-hydrogen) atoms. The molecule has 1 unspecified atom stereocenters. The minimum absolute atomic E-state index is 0.0311. The molecule has 0 aromatic heterocycles. The molecule has 0 aliphatic carbocycles. The van der Waals surface area contributed by atoms with Gasteiger partial charge in [-0.15, -0.1) is 0 Å². The van der Waals surface area contributed by atoms with Crippen molar-refractivity contribution >= 4 is 11.8 Å². The fourth-order valence-electron chi connectivity index (χ4n) is 3.39. The van der Waals surface area contributed by atoms with E-state index >= 15 is 0 Å². The molecule has 126 valence electrons. The minimum Gasteiger partial charge on any atom is -0.359 e. The zero-order valence-corrected chi connectivity index (χ0v) is 14.0. The summed E-state index contributed by atoms with van der Waals surface area (Å²) in [7, 11) is 3.67. The molecule has 6 heteroatoms. The SMILES string of the molecule is CNC(=O)C1CN(C)CCN(C(=O)CCCN2CCCC2)C1. The Hall–Kier alpha value is -1.14. The summed E-state index contributed by atoms with van der Waals surface area (Å²) in [5, 5.41) is 2.71. The summed E-state index contributed by atoms with van der Waals surface area (Å²) in [5.74, 6) is 0.104. The van der Waals surface area contributed by atoms with Gasteiger partial charge in [-0.2, -0.15) is 0 Å². The van der Waals surface area contributed by atoms with Crippen molar-refractivity contribution in [2.45, 2.75) is 25.7 Å². The number of carbonyl (C=O) groups excluding carboxylic acids is 2. The molecule has 1 N–H and O–H groups in total. The number of carbonyl (C=O) groups is 2. The van der Waals surface area contributed by atoms with E-state index < -0.39 is 0 Å². The molecule has 2 fully saturated rings. The van der Waals surface area contributed by atoms with Gasteiger partial charge in [0.15, 0.2) is 0 Å². The highest BCUT2D eigenvalue weighted by Gasteiger charge is 2.28. The highest BCUT2D eigenvalue weighted by atomic mass is 16.2. The maximum atomic E-state index is 12.4. The van der Waals surface area contributed by atoms with Crippen molar-refractivity contribution in [3.05, 3.63) is 0 Å². The number of rotatable bonds is 5. The van der Waals surface area contributed by atoms with Crippen LogP contribution in [-0.4, -0.2) is 86.4 Å². The molecule has 0 aromatic carbocycles. The maximum Gasteiger partial charge on any atom is 0.225 e. The number of amides is 2. The van der Waals surface area contributed by atoms with Crippen LogP contribution >= 0.6 is 0 Å². The smallest absolute Gasteiger partial charge is 0.225 e. The average molecular weight is 310 g/mol. The molecule has 2 aliphatic heterocycles. The van der Waals surface area contributed by atoms with Crippen molar-refractivity contribution in [3.8, 4) is 0 Å². The number of likely N-dealkylation sites (N-methyl/N-ethyl adjacent to an activating group) is 1. The van der Waals surface area contributed by atoms with Gasteiger partial charge in [0.2, 0.25) is 11.8 Å². The summed E-state index contributed by atoms with van der Waals surface area (Å²) in [6.07, 6.45) is 4.11. The molecular weight excluding hydrogens is 280 g/mol. The molecule has 2 heterocycles. The highest BCUT2D eigenvalue weighted by molar-refractivity contribution is 5.81. The van der Waals surface area contributed by atoms with Crippen LogP contribution in [0.25, 0.3) is 0 Å². The largest absolute Gasteiger partial charge is 0.359 e. The van der Waals surface area contributed by atoms with Crippen LogP contribution in [-0.2, 0) is 9.59 Å². The Morgan fingerprint density at radius 2 is 1.82 bits per heavy atom. The Balaban J connectivity index is 1.80. The molecule has 1 atom stereocenters. The van der Waals surface area contributed by atoms with Crippen LogP contribution in [0.2, 0.25) is 0 Å². The predicted octanol–water partition coefficient (Wildman–Crippen LogP) is -0.00140. The van der Waals surface area contributed by atoms with E-state index in [1.165, 1.54) is 25.9 Å². The van der Waals surface area contributed by atoms with Crippen LogP contribution in [0, 0.1) is 5.92 Å². The third-order valence-corrected chi connectivity index (χ3v) is 4.76. The second-order valence-electron chi connectivity index (χ2n) is 6.57. The first kappa shape index (κ1) is 17.2. The molecule has 2 aliphatic rings. The molecule has 0 radical (unpaired) electrons. The van der Waals surface area contributed by atoms with Gasteiger partial charge in [0.1, 0.15) is 0 Å². The predicted molar refractivity (Wildman–Crippen MR) is 86.5 cm³/mol. The Bertz CT molecular complexity index is 382. The second kappa shape index (κ2) is 8.48. The average Bonchev–Trinajstić information content (AvgIpc) is 2.94. The number of hydrogen-bond acceptors (Lipinski definition) is 4. The van der Waals surface area contributed by atoms with Gasteiger partial charge in [0.25, 0.3) is 0 Å². The van der Waals surface area contributed by atoms with Crippen molar-refractivity contribution in [2.24, 2.45) is 5.92 Å². The van der Waals surface area contributed by atoms with Crippen LogP contribution in [0.4, 0.5) is 0 Å². The van der Waals surface area contributed by atoms with E-state index in [4.69, 9.17) is 0 Å². The van der Waals surface area contributed by atoms with E-state index in [9.17, 15) is 9.59 Å². The number of likely N-dealkylation sites (tertiary alicyclic amines) is 1. The maximum absolute atomic E-state index is 12.4. The summed E-state index contributed by atoms with van der Waals surface area (Å²) >= 11 is 0. The van der Waals surface area contributed by atoms with Crippen molar-refractivity contribution in [1.82, 2.24) is 20.0 Å². The van der Waals surface area contributed by atoms with Gasteiger partial charge < -0.3 is 20.0 Å². The normalized spacial score (nSPS) is 24.3. The number of nitrogens with one attached hydrogen (secondary N) is 1. The van der Waals surface area contributed by atoms with E-state index in [0.717, 1.165) is 32.6 Å². The first-order valence-electron chi connectivity index (χ1n) is 8.50. The van der Waals surface area contributed by atoms with Crippen LogP contribution in [0.1, 0.15) is 25.7 Å². The minimum atomic E-state index is -0.125. The third kappa shape index (κ3) is 4.95. The lowest BCUT2D eigenvalue weighted by Crippen LogP contribution is -2.41. The lowest BCUT2D eigenvalue weighted by molar-refractivity contribution is -0.133. The quantitative estimate of drug-likeness (QED) is 0.776. The number of nitrogens with zero attached hydrogens (tertiary/aromatic N) is 3. The molecule has 2 amide bonds. The lowest BCUT2D eigenvalue weighted by atomic mass is 10.1. The van der Waals surface area contributed by atoms with Crippen molar-refractivity contribution < 1.29 is 9.59 Å². The van der Waals surface area contributed by atoms with Gasteiger partial charge in [-0.05, 0) is 45.9 Å². The first-order chi connectivity index (χ1) is 10.6. The number of hydrogen-bond donors (Lipinski definition) is 1. The highest BCUT2D eigenvalue weighted by Crippen LogP contribution is 2.12. The summed E-state index contributed by atoms with van der Waals surface area (Å²) in [6.45, 7) is 6.23. The lowest BCUT2D eigenvalue weighted by Gasteiger charge is -2.24. The summed E-state index contributed by atoms with van der Waals surface area (Å²) in [6, 6.07) is 0. The standard InChI is InChI=1S/C16H30N4O2/c1-17-16(22)14-12-18(2)10-11-20(13-14)15(21)6-5-9-19-7-3-4-8-19/h14H,3-13H2,1-2H3,(H,17,22). The fourth-order valence-corrected chi connectivity index (χ4v) is 3.39. The monoisotopic (exact) mass is 310 g/mol. The topological polar surface area (TPSA) is 55.9 Å². The first-order valence-corrected chi connectivity index (χ1v) is 8.50. The van der Waals surface area contributed by atoms with E-state index in [0.29, 0.717) is 13.0 Å². The van der Waals surface area contributed by atoms with E-state index in [1.54, 1.807) is 7.05 Å².